The Morgan fingerprint density at radius 1 is 0.614 bits per heavy atom. The maximum atomic E-state index is 11.8. The van der Waals surface area contributed by atoms with Gasteiger partial charge >= 0.3 is 11.9 Å². The lowest BCUT2D eigenvalue weighted by Gasteiger charge is -2.13. The Morgan fingerprint density at radius 3 is 1.68 bits per heavy atom. The van der Waals surface area contributed by atoms with Gasteiger partial charge in [0.25, 0.3) is 0 Å². The lowest BCUT2D eigenvalue weighted by molar-refractivity contribution is -0.139. The molecule has 0 aliphatic heterocycles. The number of allylic oxidation sites excluding steroid dienone is 1. The number of benzene rings is 4. The molecule has 4 aromatic rings. The fourth-order valence-electron chi connectivity index (χ4n) is 4.13. The predicted octanol–water partition coefficient (Wildman–Crippen LogP) is 8.97. The minimum atomic E-state index is -0.442. The van der Waals surface area contributed by atoms with Crippen molar-refractivity contribution in [3.05, 3.63) is 127 Å². The number of rotatable bonds is 12. The molecule has 0 N–H and O–H groups in total. The van der Waals surface area contributed by atoms with Crippen LogP contribution < -0.4 is 14.2 Å². The minimum Gasteiger partial charge on any atom is -0.490 e. The Hall–Kier alpha value is -5.36. The van der Waals surface area contributed by atoms with Gasteiger partial charge in [-0.3, -0.25) is 0 Å². The molecule has 224 valence electrons. The van der Waals surface area contributed by atoms with E-state index in [1.807, 2.05) is 56.3 Å². The van der Waals surface area contributed by atoms with E-state index >= 15 is 0 Å². The Kier molecular flexibility index (Phi) is 10.5. The van der Waals surface area contributed by atoms with Crippen molar-refractivity contribution in [3.8, 4) is 50.6 Å². The number of carbonyl (C=O) groups is 2. The van der Waals surface area contributed by atoms with Crippen molar-refractivity contribution >= 4 is 11.9 Å². The summed E-state index contributed by atoms with van der Waals surface area (Å²) >= 11 is 0. The maximum Gasteiger partial charge on any atom is 0.338 e. The van der Waals surface area contributed by atoms with Gasteiger partial charge in [-0.1, -0.05) is 73.8 Å². The van der Waals surface area contributed by atoms with Crippen molar-refractivity contribution in [3.63, 3.8) is 0 Å². The fraction of sp³-hybridized carbons (Fsp3) is 0.158. The summed E-state index contributed by atoms with van der Waals surface area (Å²) in [4.78, 5) is 23.3. The number of hydrogen-bond donors (Lipinski definition) is 0. The highest BCUT2D eigenvalue weighted by molar-refractivity contribution is 5.89. The van der Waals surface area contributed by atoms with Gasteiger partial charge in [-0.05, 0) is 91.4 Å². The Balaban J connectivity index is 1.49. The molecule has 0 radical (unpaired) electrons. The molecule has 0 amide bonds. The smallest absolute Gasteiger partial charge is 0.338 e. The van der Waals surface area contributed by atoms with Crippen molar-refractivity contribution < 1.29 is 28.5 Å². The van der Waals surface area contributed by atoms with Gasteiger partial charge in [-0.25, -0.2) is 9.59 Å². The second kappa shape index (κ2) is 14.7. The summed E-state index contributed by atoms with van der Waals surface area (Å²) < 4.78 is 22.2. The zero-order valence-electron chi connectivity index (χ0n) is 25.5. The molecule has 6 heteroatoms. The van der Waals surface area contributed by atoms with E-state index in [0.717, 1.165) is 44.7 Å². The average molecular weight is 589 g/mol. The molecule has 0 atom stereocenters. The summed E-state index contributed by atoms with van der Waals surface area (Å²) in [7, 11) is 0. The van der Waals surface area contributed by atoms with Crippen LogP contribution >= 0.6 is 0 Å². The topological polar surface area (TPSA) is 71.1 Å². The molecule has 0 bridgehead atoms. The highest BCUT2D eigenvalue weighted by atomic mass is 16.6. The summed E-state index contributed by atoms with van der Waals surface area (Å²) in [6.45, 7) is 14.8. The molecule has 6 nitrogen and oxygen atoms in total. The third kappa shape index (κ3) is 8.58. The highest BCUT2D eigenvalue weighted by Crippen LogP contribution is 2.36. The quantitative estimate of drug-likeness (QED) is 0.0541. The molecule has 0 fully saturated rings. The van der Waals surface area contributed by atoms with E-state index in [4.69, 9.17) is 18.9 Å². The monoisotopic (exact) mass is 588 g/mol. The number of ether oxygens (including phenoxy) is 4. The first-order valence-electron chi connectivity index (χ1n) is 14.2. The summed E-state index contributed by atoms with van der Waals surface area (Å²) in [5.41, 5.74) is 7.79. The molecule has 0 saturated heterocycles. The van der Waals surface area contributed by atoms with Crippen LogP contribution in [0.1, 0.15) is 27.7 Å². The van der Waals surface area contributed by atoms with E-state index in [-0.39, 0.29) is 13.2 Å². The molecule has 4 rings (SSSR count). The van der Waals surface area contributed by atoms with Gasteiger partial charge < -0.3 is 18.9 Å². The third-order valence-corrected chi connectivity index (χ3v) is 6.47. The Morgan fingerprint density at radius 2 is 1.11 bits per heavy atom. The highest BCUT2D eigenvalue weighted by Gasteiger charge is 2.11. The minimum absolute atomic E-state index is 0.149. The summed E-state index contributed by atoms with van der Waals surface area (Å²) in [5.74, 6) is 1.01. The lowest BCUT2D eigenvalue weighted by atomic mass is 9.97. The van der Waals surface area contributed by atoms with Gasteiger partial charge in [0, 0.05) is 16.7 Å². The molecule has 0 spiro atoms. The summed E-state index contributed by atoms with van der Waals surface area (Å²) in [6.07, 6.45) is 1.74. The molecule has 0 saturated carbocycles. The molecule has 0 aliphatic carbocycles. The molecule has 4 aromatic carbocycles. The molecule has 0 heterocycles. The number of hydrogen-bond acceptors (Lipinski definition) is 6. The van der Waals surface area contributed by atoms with E-state index in [9.17, 15) is 9.59 Å². The van der Waals surface area contributed by atoms with Crippen LogP contribution in [0.4, 0.5) is 0 Å². The molecule has 0 aromatic heterocycles. The second-order valence-corrected chi connectivity index (χ2v) is 10.6. The van der Waals surface area contributed by atoms with E-state index in [1.54, 1.807) is 32.2 Å². The van der Waals surface area contributed by atoms with Gasteiger partial charge in [-0.2, -0.15) is 0 Å². The number of carbonyl (C=O) groups excluding carboxylic acids is 2. The van der Waals surface area contributed by atoms with E-state index in [2.05, 4.69) is 49.6 Å². The first kappa shape index (κ1) is 31.6. The Labute approximate surface area is 258 Å². The van der Waals surface area contributed by atoms with E-state index < -0.39 is 11.9 Å². The van der Waals surface area contributed by atoms with Crippen LogP contribution in [0.15, 0.2) is 127 Å². The fourth-order valence-corrected chi connectivity index (χ4v) is 4.13. The maximum absolute atomic E-state index is 11.8. The van der Waals surface area contributed by atoms with Crippen LogP contribution in [-0.4, -0.2) is 25.2 Å². The third-order valence-electron chi connectivity index (χ3n) is 6.47. The predicted molar refractivity (Wildman–Crippen MR) is 175 cm³/mol. The van der Waals surface area contributed by atoms with E-state index in [1.165, 1.54) is 0 Å². The second-order valence-electron chi connectivity index (χ2n) is 10.6. The van der Waals surface area contributed by atoms with Crippen molar-refractivity contribution in [1.29, 1.82) is 0 Å². The lowest BCUT2D eigenvalue weighted by Crippen LogP contribution is -2.12. The van der Waals surface area contributed by atoms with Crippen LogP contribution in [-0.2, 0) is 14.3 Å². The van der Waals surface area contributed by atoms with Gasteiger partial charge in [0.1, 0.15) is 30.5 Å². The van der Waals surface area contributed by atoms with Gasteiger partial charge in [0.05, 0.1) is 6.26 Å². The van der Waals surface area contributed by atoms with Crippen LogP contribution in [0.3, 0.4) is 0 Å². The van der Waals surface area contributed by atoms with Crippen LogP contribution in [0.2, 0.25) is 0 Å². The van der Waals surface area contributed by atoms with Crippen molar-refractivity contribution in [2.75, 3.05) is 13.2 Å². The average Bonchev–Trinajstić information content (AvgIpc) is 3.02. The van der Waals surface area contributed by atoms with Gasteiger partial charge in [0.2, 0.25) is 0 Å². The zero-order chi connectivity index (χ0) is 31.6. The normalized spacial score (nSPS) is 10.4. The largest absolute Gasteiger partial charge is 0.490 e. The van der Waals surface area contributed by atoms with Gasteiger partial charge in [0.15, 0.2) is 0 Å². The number of esters is 2. The molecular formula is C38H36O6. The molecule has 0 aliphatic rings. The standard InChI is InChI=1S/C38H36O6/c1-25(2)24-43-36-23-32(15-20-35(36)31-13-16-33(17-14-31)41-21-22-42-37(39)26(3)4)30-9-7-28(8-10-30)29-11-18-34(19-12-29)44-38(40)27(5)6/h7-20,23-24H,3,5,21-22H2,1-2,4,6H3. The SMILES string of the molecule is C=C(C)C(=O)OCCOc1ccc(-c2ccc(-c3ccc(-c4ccc(OC(=O)C(=C)C)cc4)cc3)cc2OC=C(C)C)cc1. The van der Waals surface area contributed by atoms with Crippen molar-refractivity contribution in [2.45, 2.75) is 27.7 Å². The summed E-state index contributed by atoms with van der Waals surface area (Å²) in [6, 6.07) is 29.5. The van der Waals surface area contributed by atoms with Gasteiger partial charge in [-0.15, -0.1) is 0 Å². The summed E-state index contributed by atoms with van der Waals surface area (Å²) in [5, 5.41) is 0. The van der Waals surface area contributed by atoms with Crippen LogP contribution in [0, 0.1) is 0 Å². The van der Waals surface area contributed by atoms with E-state index in [0.29, 0.717) is 22.6 Å². The van der Waals surface area contributed by atoms with Crippen LogP contribution in [0.5, 0.6) is 17.2 Å². The first-order chi connectivity index (χ1) is 21.1. The first-order valence-corrected chi connectivity index (χ1v) is 14.2. The van der Waals surface area contributed by atoms with Crippen molar-refractivity contribution in [1.82, 2.24) is 0 Å². The van der Waals surface area contributed by atoms with Crippen molar-refractivity contribution in [2.24, 2.45) is 0 Å². The zero-order valence-corrected chi connectivity index (χ0v) is 25.5. The molecular weight excluding hydrogens is 552 g/mol. The molecule has 44 heavy (non-hydrogen) atoms. The Bertz CT molecular complexity index is 1670. The van der Waals surface area contributed by atoms with Crippen LogP contribution in [0.25, 0.3) is 33.4 Å². The molecule has 0 unspecified atom stereocenters.